The Kier molecular flexibility index (Phi) is 8.42. The molecule has 0 bridgehead atoms. The SMILES string of the molecule is O=C1c2ccccc2C(=O)N1c1ccc(S(=O)(=O)c2ccc(N3C(=O)c4ccc([PH](c5ccccc5)(c5ccccc5)c5ccccc5)cc4C3=O)cc2)cc1. The standard InChI is InChI=1S/C46H31N2O6PS/c49-43-39-18-10-11-19-40(39)44(50)47(43)31-20-25-37(26-21-31)56(53,54)38-27-22-32(23-28-38)48-45(51)41-29-24-36(30-42(41)46(48)52)55(33-12-4-1-5-13-33,34-14-6-2-7-15-34)35-16-8-3-9-17-35/h1-30,55H. The molecule has 7 aromatic carbocycles. The van der Waals surface area contributed by atoms with Crippen molar-refractivity contribution in [3.63, 3.8) is 0 Å². The summed E-state index contributed by atoms with van der Waals surface area (Å²) in [6, 6.07) is 54.0. The zero-order valence-corrected chi connectivity index (χ0v) is 31.4. The molecular weight excluding hydrogens is 740 g/mol. The fourth-order valence-corrected chi connectivity index (χ4v) is 13.9. The second-order valence-corrected chi connectivity index (χ2v) is 19.3. The molecule has 272 valence electrons. The van der Waals surface area contributed by atoms with Gasteiger partial charge in [0.15, 0.2) is 0 Å². The van der Waals surface area contributed by atoms with Crippen molar-refractivity contribution in [2.24, 2.45) is 0 Å². The van der Waals surface area contributed by atoms with Crippen molar-refractivity contribution in [2.75, 3.05) is 9.80 Å². The Hall–Kier alpha value is -6.80. The zero-order chi connectivity index (χ0) is 38.6. The van der Waals surface area contributed by atoms with Gasteiger partial charge in [0.2, 0.25) is 0 Å². The second kappa shape index (κ2) is 13.5. The van der Waals surface area contributed by atoms with Crippen molar-refractivity contribution in [2.45, 2.75) is 9.79 Å². The Morgan fingerprint density at radius 2 is 0.679 bits per heavy atom. The van der Waals surface area contributed by atoms with Crippen molar-refractivity contribution in [3.05, 3.63) is 204 Å². The van der Waals surface area contributed by atoms with E-state index in [2.05, 4.69) is 36.4 Å². The molecule has 0 radical (unpaired) electrons. The maximum atomic E-state index is 14.2. The molecule has 0 fully saturated rings. The minimum Gasteiger partial charge on any atom is -0.0365 e. The average molecular weight is 771 g/mol. The predicted molar refractivity (Wildman–Crippen MR) is 220 cm³/mol. The molecule has 0 saturated heterocycles. The molecule has 0 aliphatic carbocycles. The van der Waals surface area contributed by atoms with Gasteiger partial charge in [0.1, 0.15) is 0 Å². The van der Waals surface area contributed by atoms with Gasteiger partial charge in [0.05, 0.1) is 16.8 Å². The third-order valence-electron chi connectivity index (χ3n) is 10.5. The van der Waals surface area contributed by atoms with Crippen LogP contribution in [0.3, 0.4) is 0 Å². The molecule has 0 atom stereocenters. The molecule has 4 amide bonds. The van der Waals surface area contributed by atoms with Gasteiger partial charge < -0.3 is 0 Å². The van der Waals surface area contributed by atoms with Crippen LogP contribution in [0.4, 0.5) is 11.4 Å². The first-order valence-corrected chi connectivity index (χ1v) is 21.3. The molecule has 8 nitrogen and oxygen atoms in total. The minimum atomic E-state index is -4.05. The number of carbonyl (C=O) groups is 4. The van der Waals surface area contributed by atoms with Crippen molar-refractivity contribution in [3.8, 4) is 0 Å². The van der Waals surface area contributed by atoms with Crippen molar-refractivity contribution >= 4 is 73.3 Å². The molecule has 0 spiro atoms. The van der Waals surface area contributed by atoms with Gasteiger partial charge in [0, 0.05) is 0 Å². The third kappa shape index (κ3) is 5.35. The van der Waals surface area contributed by atoms with Crippen LogP contribution in [0.5, 0.6) is 0 Å². The smallest absolute Gasteiger partial charge is 0.0365 e. The number of benzene rings is 7. The van der Waals surface area contributed by atoms with Crippen LogP contribution in [0.25, 0.3) is 0 Å². The minimum absolute atomic E-state index is 0.0539. The van der Waals surface area contributed by atoms with Gasteiger partial charge in [-0.1, -0.05) is 12.1 Å². The van der Waals surface area contributed by atoms with E-state index in [0.29, 0.717) is 0 Å². The Morgan fingerprint density at radius 1 is 0.339 bits per heavy atom. The van der Waals surface area contributed by atoms with E-state index in [9.17, 15) is 27.6 Å². The van der Waals surface area contributed by atoms with Crippen LogP contribution in [0.15, 0.2) is 192 Å². The summed E-state index contributed by atoms with van der Waals surface area (Å²) in [5.41, 5.74) is 1.60. The summed E-state index contributed by atoms with van der Waals surface area (Å²) in [5, 5.41) is 4.32. The number of sulfone groups is 1. The van der Waals surface area contributed by atoms with E-state index in [-0.39, 0.29) is 43.4 Å². The number of carbonyl (C=O) groups excluding carboxylic acids is 4. The van der Waals surface area contributed by atoms with Crippen LogP contribution in [0.2, 0.25) is 0 Å². The van der Waals surface area contributed by atoms with Gasteiger partial charge in [-0.2, -0.15) is 0 Å². The predicted octanol–water partition coefficient (Wildman–Crippen LogP) is 6.47. The van der Waals surface area contributed by atoms with E-state index >= 15 is 0 Å². The number of imide groups is 2. The summed E-state index contributed by atoms with van der Waals surface area (Å²) in [7, 11) is -7.03. The summed E-state index contributed by atoms with van der Waals surface area (Å²) in [6.45, 7) is 0. The maximum absolute atomic E-state index is 14.2. The number of rotatable bonds is 8. The molecule has 10 heteroatoms. The summed E-state index contributed by atoms with van der Waals surface area (Å²) in [4.78, 5) is 56.0. The molecule has 7 aromatic rings. The Morgan fingerprint density at radius 3 is 1.07 bits per heavy atom. The summed E-state index contributed by atoms with van der Waals surface area (Å²) < 4.78 is 27.4. The monoisotopic (exact) mass is 770 g/mol. The topological polar surface area (TPSA) is 109 Å². The second-order valence-electron chi connectivity index (χ2n) is 13.5. The van der Waals surface area contributed by atoms with Gasteiger partial charge >= 0.3 is 245 Å². The Bertz CT molecular complexity index is 2700. The molecule has 0 unspecified atom stereocenters. The van der Waals surface area contributed by atoms with Gasteiger partial charge in [-0.25, -0.2) is 4.90 Å². The first-order chi connectivity index (χ1) is 27.2. The fraction of sp³-hybridized carbons (Fsp3) is 0. The van der Waals surface area contributed by atoms with Crippen LogP contribution in [-0.2, 0) is 9.84 Å². The number of nitrogens with zero attached hydrogens (tertiary/aromatic N) is 2. The van der Waals surface area contributed by atoms with Crippen molar-refractivity contribution in [1.82, 2.24) is 0 Å². The number of fused-ring (bicyclic) bond motifs is 2. The van der Waals surface area contributed by atoms with Crippen molar-refractivity contribution in [1.29, 1.82) is 0 Å². The normalized spacial score (nSPS) is 14.2. The van der Waals surface area contributed by atoms with Crippen LogP contribution < -0.4 is 31.0 Å². The van der Waals surface area contributed by atoms with Crippen LogP contribution in [0, 0.1) is 0 Å². The Labute approximate surface area is 323 Å². The molecule has 0 saturated carbocycles. The first kappa shape index (κ1) is 34.9. The molecule has 56 heavy (non-hydrogen) atoms. The first-order valence-electron chi connectivity index (χ1n) is 17.8. The van der Waals surface area contributed by atoms with E-state index in [1.54, 1.807) is 30.3 Å². The van der Waals surface area contributed by atoms with E-state index < -0.39 is 40.7 Å². The molecule has 0 aromatic heterocycles. The van der Waals surface area contributed by atoms with Crippen LogP contribution in [0.1, 0.15) is 41.4 Å². The van der Waals surface area contributed by atoms with Crippen LogP contribution >= 0.6 is 7.26 Å². The van der Waals surface area contributed by atoms with E-state index in [4.69, 9.17) is 0 Å². The van der Waals surface area contributed by atoms with Gasteiger partial charge in [-0.3, -0.25) is 9.59 Å². The third-order valence-corrected chi connectivity index (χ3v) is 17.1. The number of amides is 4. The Balaban J connectivity index is 1.03. The number of hydrogen-bond donors (Lipinski definition) is 0. The van der Waals surface area contributed by atoms with Gasteiger partial charge in [-0.05, 0) is 24.3 Å². The van der Waals surface area contributed by atoms with Gasteiger partial charge in [-0.15, -0.1) is 0 Å². The molecule has 9 rings (SSSR count). The molecule has 0 N–H and O–H groups in total. The zero-order valence-electron chi connectivity index (χ0n) is 29.6. The fourth-order valence-electron chi connectivity index (χ4n) is 7.88. The van der Waals surface area contributed by atoms with Crippen LogP contribution in [-0.4, -0.2) is 32.0 Å². The van der Waals surface area contributed by atoms with E-state index in [1.807, 2.05) is 66.7 Å². The quantitative estimate of drug-likeness (QED) is 0.130. The summed E-state index contributed by atoms with van der Waals surface area (Å²) in [6.07, 6.45) is 0. The molecule has 2 aliphatic rings. The summed E-state index contributed by atoms with van der Waals surface area (Å²) in [5.74, 6) is -1.96. The van der Waals surface area contributed by atoms with Gasteiger partial charge in [0.25, 0.3) is 11.8 Å². The number of anilines is 2. The van der Waals surface area contributed by atoms with E-state index in [0.717, 1.165) is 31.0 Å². The summed E-state index contributed by atoms with van der Waals surface area (Å²) >= 11 is 0. The molecule has 2 heterocycles. The molecule has 2 aliphatic heterocycles. The average Bonchev–Trinajstić information content (AvgIpc) is 3.65. The molecular formula is C46H31N2O6PS. The van der Waals surface area contributed by atoms with E-state index in [1.165, 1.54) is 48.5 Å². The van der Waals surface area contributed by atoms with Crippen molar-refractivity contribution < 1.29 is 27.6 Å². The number of hydrogen-bond acceptors (Lipinski definition) is 6.